The lowest BCUT2D eigenvalue weighted by Gasteiger charge is -2.24. The van der Waals surface area contributed by atoms with Crippen LogP contribution in [0.2, 0.25) is 0 Å². The van der Waals surface area contributed by atoms with E-state index in [9.17, 15) is 0 Å². The van der Waals surface area contributed by atoms with Crippen molar-refractivity contribution < 1.29 is 9.47 Å². The number of imidazole rings is 1. The van der Waals surface area contributed by atoms with Crippen LogP contribution in [0.15, 0.2) is 97.6 Å². The molecule has 0 aliphatic carbocycles. The van der Waals surface area contributed by atoms with E-state index in [2.05, 4.69) is 32.4 Å². The highest BCUT2D eigenvalue weighted by Gasteiger charge is 2.24. The number of hydrogen-bond acceptors (Lipinski definition) is 6. The van der Waals surface area contributed by atoms with E-state index in [4.69, 9.17) is 14.5 Å². The van der Waals surface area contributed by atoms with E-state index in [0.29, 0.717) is 12.4 Å². The van der Waals surface area contributed by atoms with Crippen molar-refractivity contribution in [1.29, 1.82) is 0 Å². The van der Waals surface area contributed by atoms with Gasteiger partial charge in [0.25, 0.3) is 0 Å². The van der Waals surface area contributed by atoms with Gasteiger partial charge in [-0.2, -0.15) is 0 Å². The van der Waals surface area contributed by atoms with Crippen molar-refractivity contribution in [2.24, 2.45) is 0 Å². The fourth-order valence-corrected chi connectivity index (χ4v) is 4.18. The molecule has 6 rings (SSSR count). The Hall–Kier alpha value is -4.65. The summed E-state index contributed by atoms with van der Waals surface area (Å²) in [5.41, 5.74) is 3.86. The largest absolute Gasteiger partial charge is 0.493 e. The molecule has 1 aliphatic heterocycles. The zero-order chi connectivity index (χ0) is 23.5. The third-order valence-electron chi connectivity index (χ3n) is 5.93. The lowest BCUT2D eigenvalue weighted by molar-refractivity contribution is 0.257. The van der Waals surface area contributed by atoms with Crippen LogP contribution < -0.4 is 14.8 Å². The van der Waals surface area contributed by atoms with Crippen LogP contribution in [0.3, 0.4) is 0 Å². The summed E-state index contributed by atoms with van der Waals surface area (Å²) < 4.78 is 12.3. The fraction of sp³-hybridized carbons (Fsp3) is 0.107. The van der Waals surface area contributed by atoms with Crippen LogP contribution in [-0.2, 0) is 6.42 Å². The van der Waals surface area contributed by atoms with E-state index in [1.807, 2.05) is 66.9 Å². The van der Waals surface area contributed by atoms with Crippen molar-refractivity contribution in [1.82, 2.24) is 19.9 Å². The Balaban J connectivity index is 1.21. The lowest BCUT2D eigenvalue weighted by atomic mass is 9.96. The summed E-state index contributed by atoms with van der Waals surface area (Å²) in [6.45, 7) is 0.581. The molecule has 172 valence electrons. The van der Waals surface area contributed by atoms with E-state index < -0.39 is 0 Å². The smallest absolute Gasteiger partial charge is 0.154 e. The molecule has 0 amide bonds. The van der Waals surface area contributed by atoms with Gasteiger partial charge in [-0.05, 0) is 42.3 Å². The molecule has 1 aliphatic rings. The fourth-order valence-electron chi connectivity index (χ4n) is 4.18. The Bertz CT molecular complexity index is 1440. The van der Waals surface area contributed by atoms with E-state index in [1.54, 1.807) is 18.6 Å². The van der Waals surface area contributed by atoms with Gasteiger partial charge in [-0.15, -0.1) is 0 Å². The van der Waals surface area contributed by atoms with Gasteiger partial charge in [-0.25, -0.2) is 9.97 Å². The van der Waals surface area contributed by atoms with E-state index in [1.165, 1.54) is 0 Å². The predicted octanol–water partition coefficient (Wildman–Crippen LogP) is 6.12. The maximum Gasteiger partial charge on any atom is 0.154 e. The van der Waals surface area contributed by atoms with Crippen LogP contribution in [0.4, 0.5) is 11.5 Å². The van der Waals surface area contributed by atoms with Gasteiger partial charge in [0.15, 0.2) is 5.75 Å². The minimum Gasteiger partial charge on any atom is -0.493 e. The van der Waals surface area contributed by atoms with E-state index in [0.717, 1.165) is 52.1 Å². The summed E-state index contributed by atoms with van der Waals surface area (Å²) in [5.74, 6) is 4.06. The number of anilines is 2. The first-order valence-electron chi connectivity index (χ1n) is 11.5. The quantitative estimate of drug-likeness (QED) is 0.317. The number of H-pyrrole nitrogens is 1. The van der Waals surface area contributed by atoms with E-state index >= 15 is 0 Å². The average Bonchev–Trinajstić information content (AvgIpc) is 3.41. The zero-order valence-corrected chi connectivity index (χ0v) is 18.9. The van der Waals surface area contributed by atoms with Gasteiger partial charge in [-0.1, -0.05) is 36.4 Å². The number of fused-ring (bicyclic) bond motifs is 1. The maximum atomic E-state index is 6.24. The normalized spacial score (nSPS) is 14.6. The first-order valence-corrected chi connectivity index (χ1v) is 11.5. The number of benzene rings is 2. The molecule has 0 saturated carbocycles. The number of aromatic nitrogens is 4. The van der Waals surface area contributed by atoms with Gasteiger partial charge in [0.05, 0.1) is 24.4 Å². The second kappa shape index (κ2) is 9.30. The number of rotatable bonds is 6. The standard InChI is InChI=1S/C28H23N5O2/c1-2-6-19(7-3-1)23-17-31-28(33-23)21-14-20-15-22(9-10-25(20)34-18-21)35-26-11-13-29-16-24(26)32-27-8-4-5-12-30-27/h1-13,15-17,21H,14,18H2,(H,30,32)(H,31,33). The van der Waals surface area contributed by atoms with Crippen LogP contribution in [0.1, 0.15) is 17.3 Å². The van der Waals surface area contributed by atoms with Gasteiger partial charge >= 0.3 is 0 Å². The third-order valence-corrected chi connectivity index (χ3v) is 5.93. The zero-order valence-electron chi connectivity index (χ0n) is 18.9. The van der Waals surface area contributed by atoms with Crippen molar-refractivity contribution >= 4 is 11.5 Å². The highest BCUT2D eigenvalue weighted by molar-refractivity contribution is 5.63. The molecule has 3 aromatic heterocycles. The summed E-state index contributed by atoms with van der Waals surface area (Å²) in [4.78, 5) is 16.7. The van der Waals surface area contributed by atoms with Gasteiger partial charge in [0.1, 0.15) is 28.8 Å². The number of pyridine rings is 2. The minimum atomic E-state index is 0.137. The predicted molar refractivity (Wildman–Crippen MR) is 134 cm³/mol. The molecule has 1 atom stereocenters. The Labute approximate surface area is 202 Å². The van der Waals surface area contributed by atoms with Crippen molar-refractivity contribution in [3.8, 4) is 28.5 Å². The molecule has 0 spiro atoms. The molecule has 5 aromatic rings. The molecule has 7 heteroatoms. The molecular weight excluding hydrogens is 438 g/mol. The van der Waals surface area contributed by atoms with Gasteiger partial charge in [-0.3, -0.25) is 4.98 Å². The number of nitrogens with zero attached hydrogens (tertiary/aromatic N) is 3. The monoisotopic (exact) mass is 461 g/mol. The van der Waals surface area contributed by atoms with Crippen LogP contribution in [0.5, 0.6) is 17.2 Å². The second-order valence-electron chi connectivity index (χ2n) is 8.33. The number of hydrogen-bond donors (Lipinski definition) is 2. The summed E-state index contributed by atoms with van der Waals surface area (Å²) in [7, 11) is 0. The minimum absolute atomic E-state index is 0.137. The number of ether oxygens (including phenoxy) is 2. The first-order chi connectivity index (χ1) is 17.3. The van der Waals surface area contributed by atoms with E-state index in [-0.39, 0.29) is 5.92 Å². The highest BCUT2D eigenvalue weighted by atomic mass is 16.5. The second-order valence-corrected chi connectivity index (χ2v) is 8.33. The Morgan fingerprint density at radius 3 is 2.77 bits per heavy atom. The highest BCUT2D eigenvalue weighted by Crippen LogP contribution is 2.37. The third kappa shape index (κ3) is 4.56. The summed E-state index contributed by atoms with van der Waals surface area (Å²) in [6.07, 6.45) is 7.93. The molecule has 0 fully saturated rings. The van der Waals surface area contributed by atoms with Gasteiger partial charge in [0.2, 0.25) is 0 Å². The van der Waals surface area contributed by atoms with Gasteiger partial charge in [0, 0.05) is 30.2 Å². The molecular formula is C28H23N5O2. The molecule has 0 saturated heterocycles. The number of nitrogens with one attached hydrogen (secondary N) is 2. The van der Waals surface area contributed by atoms with Crippen molar-refractivity contribution in [3.63, 3.8) is 0 Å². The topological polar surface area (TPSA) is 85.0 Å². The average molecular weight is 462 g/mol. The molecule has 1 unspecified atom stereocenters. The van der Waals surface area contributed by atoms with Crippen LogP contribution >= 0.6 is 0 Å². The Kier molecular flexibility index (Phi) is 5.56. The molecule has 0 bridgehead atoms. The molecule has 0 radical (unpaired) electrons. The van der Waals surface area contributed by atoms with Crippen LogP contribution in [0.25, 0.3) is 11.3 Å². The van der Waals surface area contributed by atoms with Crippen molar-refractivity contribution in [3.05, 3.63) is 109 Å². The first kappa shape index (κ1) is 20.9. The summed E-state index contributed by atoms with van der Waals surface area (Å²) >= 11 is 0. The number of aromatic amines is 1. The van der Waals surface area contributed by atoms with Crippen molar-refractivity contribution in [2.45, 2.75) is 12.3 Å². The van der Waals surface area contributed by atoms with Crippen LogP contribution in [-0.4, -0.2) is 26.5 Å². The van der Waals surface area contributed by atoms with Gasteiger partial charge < -0.3 is 19.8 Å². The Morgan fingerprint density at radius 1 is 0.971 bits per heavy atom. The maximum absolute atomic E-state index is 6.24. The Morgan fingerprint density at radius 2 is 1.89 bits per heavy atom. The molecule has 2 aromatic carbocycles. The molecule has 4 heterocycles. The summed E-state index contributed by atoms with van der Waals surface area (Å²) in [5, 5.41) is 3.26. The van der Waals surface area contributed by atoms with Crippen LogP contribution in [0, 0.1) is 0 Å². The molecule has 35 heavy (non-hydrogen) atoms. The SMILES string of the molecule is c1ccc(-c2c[nH]c(C3COc4ccc(Oc5ccncc5Nc5ccccn5)cc4C3)n2)cc1. The molecule has 7 nitrogen and oxygen atoms in total. The van der Waals surface area contributed by atoms with Crippen molar-refractivity contribution in [2.75, 3.05) is 11.9 Å². The lowest BCUT2D eigenvalue weighted by Crippen LogP contribution is -2.20. The molecule has 2 N–H and O–H groups in total. The summed E-state index contributed by atoms with van der Waals surface area (Å²) in [6, 6.07) is 23.6.